The second-order valence-electron chi connectivity index (χ2n) is 10.5. The third-order valence-corrected chi connectivity index (χ3v) is 7.47. The van der Waals surface area contributed by atoms with Gasteiger partial charge in [0.2, 0.25) is 0 Å². The summed E-state index contributed by atoms with van der Waals surface area (Å²) < 4.78 is 87.7. The molecule has 16 heteroatoms. The molecule has 2 aromatic carbocycles. The molecule has 2 heterocycles. The Balaban J connectivity index is 1.88. The summed E-state index contributed by atoms with van der Waals surface area (Å²) in [6, 6.07) is 4.86. The number of carboxylic acid groups (broad SMARTS) is 2. The molecule has 0 fully saturated rings. The van der Waals surface area contributed by atoms with Gasteiger partial charge in [-0.05, 0) is 60.4 Å². The van der Waals surface area contributed by atoms with Crippen molar-refractivity contribution in [2.24, 2.45) is 5.73 Å². The third-order valence-electron chi connectivity index (χ3n) is 7.47. The van der Waals surface area contributed by atoms with Crippen molar-refractivity contribution in [3.63, 3.8) is 0 Å². The molecule has 1 aromatic heterocycles. The van der Waals surface area contributed by atoms with E-state index in [1.54, 1.807) is 13.0 Å². The summed E-state index contributed by atoms with van der Waals surface area (Å²) in [5.41, 5.74) is 3.87. The van der Waals surface area contributed by atoms with Crippen LogP contribution in [-0.2, 0) is 23.6 Å². The van der Waals surface area contributed by atoms with E-state index in [4.69, 9.17) is 15.6 Å². The van der Waals surface area contributed by atoms with Gasteiger partial charge >= 0.3 is 24.4 Å². The van der Waals surface area contributed by atoms with Crippen LogP contribution in [0.2, 0.25) is 0 Å². The second kappa shape index (κ2) is 13.2. The molecule has 0 bridgehead atoms. The zero-order valence-electron chi connectivity index (χ0n) is 24.1. The van der Waals surface area contributed by atoms with E-state index in [1.165, 1.54) is 6.07 Å². The van der Waals surface area contributed by atoms with Gasteiger partial charge in [0, 0.05) is 18.9 Å². The van der Waals surface area contributed by atoms with Crippen LogP contribution in [0, 0.1) is 11.3 Å². The van der Waals surface area contributed by atoms with Crippen LogP contribution >= 0.6 is 0 Å². The lowest BCUT2D eigenvalue weighted by atomic mass is 9.79. The number of nitrogens with zero attached hydrogens (tertiary/aromatic N) is 4. The van der Waals surface area contributed by atoms with Gasteiger partial charge in [-0.1, -0.05) is 6.92 Å². The molecule has 0 saturated heterocycles. The Bertz CT molecular complexity index is 1670. The predicted octanol–water partition coefficient (Wildman–Crippen LogP) is 5.96. The van der Waals surface area contributed by atoms with Crippen LogP contribution in [0.4, 0.5) is 36.8 Å². The molecule has 0 saturated carbocycles. The number of carboxylic acids is 1. The van der Waals surface area contributed by atoms with Crippen molar-refractivity contribution >= 4 is 17.7 Å². The summed E-state index contributed by atoms with van der Waals surface area (Å²) in [4.78, 5) is 32.8. The molecule has 10 nitrogen and oxygen atoms in total. The van der Waals surface area contributed by atoms with Crippen molar-refractivity contribution in [2.75, 3.05) is 11.5 Å². The molecule has 1 amide bonds. The molecule has 4 N–H and O–H groups in total. The molecular weight excluding hydrogens is 624 g/mol. The van der Waals surface area contributed by atoms with Crippen LogP contribution in [0.15, 0.2) is 42.6 Å². The minimum Gasteiger partial charge on any atom is -0.490 e. The topological polar surface area (TPSA) is 163 Å². The van der Waals surface area contributed by atoms with Crippen molar-refractivity contribution in [2.45, 2.75) is 63.0 Å². The maximum atomic E-state index is 13.8. The highest BCUT2D eigenvalue weighted by atomic mass is 19.4. The number of hydrogen-bond donors (Lipinski definition) is 3. The summed E-state index contributed by atoms with van der Waals surface area (Å²) in [5.74, 6) is -2.46. The van der Waals surface area contributed by atoms with Gasteiger partial charge in [0.25, 0.3) is 0 Å². The Morgan fingerprint density at radius 3 is 2.35 bits per heavy atom. The molecule has 46 heavy (non-hydrogen) atoms. The first-order chi connectivity index (χ1) is 21.5. The van der Waals surface area contributed by atoms with Gasteiger partial charge < -0.3 is 20.7 Å². The molecule has 1 aliphatic heterocycles. The van der Waals surface area contributed by atoms with Crippen LogP contribution in [0.5, 0.6) is 5.75 Å². The standard InChI is InChI=1S/C30H27F6N5O5/c1-2-21-26(38)25(19-12-17(29(31,32)33)5-6-22(19)41(21)28(44)45)27-39-14-23(46-7-3-4-24(42)43)20(40-27)11-15-8-16(13-37)10-18(9-15)30(34,35)36/h5-6,8-10,12,14,21,25-26H,2-4,7,11,38H2,1H3,(H,42,43)(H,44,45). The molecule has 1 aliphatic rings. The molecule has 0 aliphatic carbocycles. The summed E-state index contributed by atoms with van der Waals surface area (Å²) in [6.07, 6.45) is -10.2. The lowest BCUT2D eigenvalue weighted by molar-refractivity contribution is -0.138. The predicted molar refractivity (Wildman–Crippen MR) is 149 cm³/mol. The maximum Gasteiger partial charge on any atom is 0.416 e. The van der Waals surface area contributed by atoms with E-state index in [0.29, 0.717) is 6.07 Å². The molecule has 4 rings (SSSR count). The Morgan fingerprint density at radius 1 is 1.07 bits per heavy atom. The number of fused-ring (bicyclic) bond motifs is 1. The Kier molecular flexibility index (Phi) is 9.76. The number of anilines is 1. The van der Waals surface area contributed by atoms with Crippen LogP contribution in [0.1, 0.15) is 71.4 Å². The first kappa shape index (κ1) is 34.0. The zero-order chi connectivity index (χ0) is 34.0. The first-order valence-electron chi connectivity index (χ1n) is 13.9. The lowest BCUT2D eigenvalue weighted by Gasteiger charge is -2.43. The number of amides is 1. The van der Waals surface area contributed by atoms with Crippen molar-refractivity contribution in [1.29, 1.82) is 5.26 Å². The highest BCUT2D eigenvalue weighted by molar-refractivity contribution is 5.89. The smallest absolute Gasteiger partial charge is 0.416 e. The van der Waals surface area contributed by atoms with Crippen LogP contribution < -0.4 is 15.4 Å². The van der Waals surface area contributed by atoms with E-state index in [2.05, 4.69) is 9.97 Å². The SMILES string of the molecule is CCC1C(N)C(c2ncc(OCCCC(=O)O)c(Cc3cc(C#N)cc(C(F)(F)F)c3)n2)c2cc(C(F)(F)F)ccc2N1C(=O)O. The Labute approximate surface area is 258 Å². The van der Waals surface area contributed by atoms with Gasteiger partial charge in [-0.25, -0.2) is 14.8 Å². The highest BCUT2D eigenvalue weighted by Crippen LogP contribution is 2.44. The van der Waals surface area contributed by atoms with E-state index in [1.807, 2.05) is 0 Å². The van der Waals surface area contributed by atoms with Crippen LogP contribution in [0.3, 0.4) is 0 Å². The second-order valence-corrected chi connectivity index (χ2v) is 10.5. The normalized spacial score (nSPS) is 18.1. The largest absolute Gasteiger partial charge is 0.490 e. The summed E-state index contributed by atoms with van der Waals surface area (Å²) in [6.45, 7) is 1.51. The van der Waals surface area contributed by atoms with Gasteiger partial charge in [-0.15, -0.1) is 0 Å². The van der Waals surface area contributed by atoms with E-state index in [-0.39, 0.29) is 71.9 Å². The lowest BCUT2D eigenvalue weighted by Crippen LogP contribution is -2.56. The van der Waals surface area contributed by atoms with Crippen molar-refractivity contribution < 1.29 is 50.9 Å². The molecule has 0 spiro atoms. The fourth-order valence-electron chi connectivity index (χ4n) is 5.43. The molecule has 0 radical (unpaired) electrons. The van der Waals surface area contributed by atoms with Gasteiger partial charge in [0.1, 0.15) is 5.82 Å². The summed E-state index contributed by atoms with van der Waals surface area (Å²) in [5, 5.41) is 28.2. The van der Waals surface area contributed by atoms with E-state index >= 15 is 0 Å². The van der Waals surface area contributed by atoms with Gasteiger partial charge in [0.05, 0.1) is 58.9 Å². The number of nitriles is 1. The van der Waals surface area contributed by atoms with Gasteiger partial charge in [0.15, 0.2) is 5.75 Å². The number of aromatic nitrogens is 2. The molecule has 3 aromatic rings. The van der Waals surface area contributed by atoms with Gasteiger partial charge in [-0.3, -0.25) is 9.69 Å². The number of alkyl halides is 6. The average Bonchev–Trinajstić information content (AvgIpc) is 2.97. The Morgan fingerprint density at radius 2 is 1.76 bits per heavy atom. The molecule has 3 unspecified atom stereocenters. The highest BCUT2D eigenvalue weighted by Gasteiger charge is 2.45. The van der Waals surface area contributed by atoms with E-state index in [0.717, 1.165) is 35.4 Å². The van der Waals surface area contributed by atoms with Gasteiger partial charge in [-0.2, -0.15) is 31.6 Å². The number of nitrogens with two attached hydrogens (primary N) is 1. The molecule has 3 atom stereocenters. The number of carbonyl (C=O) groups is 2. The minimum atomic E-state index is -4.79. The maximum absolute atomic E-state index is 13.8. The summed E-state index contributed by atoms with van der Waals surface area (Å²) in [7, 11) is 0. The van der Waals surface area contributed by atoms with Crippen molar-refractivity contribution in [3.05, 3.63) is 81.9 Å². The fourth-order valence-corrected chi connectivity index (χ4v) is 5.43. The van der Waals surface area contributed by atoms with Crippen LogP contribution in [-0.4, -0.2) is 50.9 Å². The Hall–Kier alpha value is -4.91. The minimum absolute atomic E-state index is 0.00241. The monoisotopic (exact) mass is 651 g/mol. The number of ether oxygens (including phenoxy) is 1. The number of hydrogen-bond acceptors (Lipinski definition) is 7. The fraction of sp³-hybridized carbons (Fsp3) is 0.367. The quantitative estimate of drug-likeness (QED) is 0.187. The van der Waals surface area contributed by atoms with E-state index < -0.39 is 53.5 Å². The average molecular weight is 652 g/mol. The zero-order valence-corrected chi connectivity index (χ0v) is 24.1. The van der Waals surface area contributed by atoms with E-state index in [9.17, 15) is 46.3 Å². The summed E-state index contributed by atoms with van der Waals surface area (Å²) >= 11 is 0. The number of rotatable bonds is 9. The number of halogens is 6. The number of benzene rings is 2. The third kappa shape index (κ3) is 7.31. The first-order valence-corrected chi connectivity index (χ1v) is 13.9. The van der Waals surface area contributed by atoms with Crippen LogP contribution in [0.25, 0.3) is 0 Å². The molecule has 244 valence electrons. The van der Waals surface area contributed by atoms with Crippen molar-refractivity contribution in [3.8, 4) is 11.8 Å². The van der Waals surface area contributed by atoms with Crippen molar-refractivity contribution in [1.82, 2.24) is 9.97 Å². The molecular formula is C30H27F6N5O5. The number of aliphatic carboxylic acids is 1.